The second-order valence-electron chi connectivity index (χ2n) is 2.73. The van der Waals surface area contributed by atoms with Gasteiger partial charge in [-0.05, 0) is 6.92 Å². The first-order valence-electron chi connectivity index (χ1n) is 3.94. The molecule has 0 aromatic heterocycles. The lowest BCUT2D eigenvalue weighted by molar-refractivity contribution is -0.138. The monoisotopic (exact) mass is 184 g/mol. The number of rotatable bonds is 5. The smallest absolute Gasteiger partial charge is 0.303 e. The number of nitriles is 1. The van der Waals surface area contributed by atoms with Crippen molar-refractivity contribution in [3.8, 4) is 6.07 Å². The molecule has 2 N–H and O–H groups in total. The number of nitrogens with zero attached hydrogens (tertiary/aromatic N) is 1. The van der Waals surface area contributed by atoms with Crippen LogP contribution in [-0.4, -0.2) is 23.5 Å². The van der Waals surface area contributed by atoms with Gasteiger partial charge in [0.05, 0.1) is 18.4 Å². The first kappa shape index (κ1) is 11.4. The molecule has 1 amide bonds. The van der Waals surface area contributed by atoms with E-state index in [1.54, 1.807) is 6.92 Å². The molecule has 0 radical (unpaired) electrons. The fourth-order valence-corrected chi connectivity index (χ4v) is 0.621. The van der Waals surface area contributed by atoms with Crippen LogP contribution in [0.5, 0.6) is 0 Å². The van der Waals surface area contributed by atoms with Crippen LogP contribution in [0, 0.1) is 17.2 Å². The van der Waals surface area contributed by atoms with Gasteiger partial charge in [-0.1, -0.05) is 0 Å². The molecule has 0 spiro atoms. The summed E-state index contributed by atoms with van der Waals surface area (Å²) in [6, 6.07) is 1.95. The largest absolute Gasteiger partial charge is 0.481 e. The van der Waals surface area contributed by atoms with E-state index in [0.717, 1.165) is 0 Å². The minimum absolute atomic E-state index is 0.0342. The molecule has 1 unspecified atom stereocenters. The minimum atomic E-state index is -0.997. The van der Waals surface area contributed by atoms with Gasteiger partial charge in [-0.25, -0.2) is 0 Å². The molecule has 0 saturated heterocycles. The highest BCUT2D eigenvalue weighted by Crippen LogP contribution is 1.91. The Morgan fingerprint density at radius 1 is 1.54 bits per heavy atom. The summed E-state index contributed by atoms with van der Waals surface area (Å²) in [5.41, 5.74) is 0. The van der Waals surface area contributed by atoms with Crippen LogP contribution in [0.15, 0.2) is 0 Å². The van der Waals surface area contributed by atoms with E-state index in [2.05, 4.69) is 5.32 Å². The van der Waals surface area contributed by atoms with Gasteiger partial charge < -0.3 is 10.4 Å². The highest BCUT2D eigenvalue weighted by atomic mass is 16.4. The molecule has 0 aliphatic rings. The van der Waals surface area contributed by atoms with Gasteiger partial charge in [0.25, 0.3) is 0 Å². The van der Waals surface area contributed by atoms with Gasteiger partial charge in [0, 0.05) is 13.0 Å². The summed E-state index contributed by atoms with van der Waals surface area (Å²) in [5, 5.41) is 19.1. The minimum Gasteiger partial charge on any atom is -0.481 e. The number of carbonyl (C=O) groups excluding carboxylic acids is 1. The summed E-state index contributed by atoms with van der Waals surface area (Å²) in [7, 11) is 0. The molecule has 0 aliphatic heterocycles. The second-order valence-corrected chi connectivity index (χ2v) is 2.73. The van der Waals surface area contributed by atoms with Crippen LogP contribution in [0.4, 0.5) is 0 Å². The van der Waals surface area contributed by atoms with Crippen LogP contribution in [-0.2, 0) is 9.59 Å². The van der Waals surface area contributed by atoms with E-state index < -0.39 is 5.97 Å². The maximum absolute atomic E-state index is 10.9. The first-order valence-corrected chi connectivity index (χ1v) is 3.94. The van der Waals surface area contributed by atoms with E-state index in [1.807, 2.05) is 6.07 Å². The molecule has 0 aliphatic carbocycles. The van der Waals surface area contributed by atoms with Crippen molar-refractivity contribution in [2.45, 2.75) is 19.8 Å². The van der Waals surface area contributed by atoms with E-state index in [9.17, 15) is 9.59 Å². The fraction of sp³-hybridized carbons (Fsp3) is 0.625. The van der Waals surface area contributed by atoms with E-state index in [4.69, 9.17) is 10.4 Å². The van der Waals surface area contributed by atoms with Gasteiger partial charge >= 0.3 is 5.97 Å². The maximum atomic E-state index is 10.9. The Kier molecular flexibility index (Phi) is 5.28. The molecule has 0 aromatic rings. The average Bonchev–Trinajstić information content (AvgIpc) is 2.10. The molecule has 5 nitrogen and oxygen atoms in total. The van der Waals surface area contributed by atoms with Crippen molar-refractivity contribution in [3.63, 3.8) is 0 Å². The number of carbonyl (C=O) groups is 2. The number of hydrogen-bond acceptors (Lipinski definition) is 3. The van der Waals surface area contributed by atoms with Gasteiger partial charge in [0.2, 0.25) is 5.91 Å². The zero-order chi connectivity index (χ0) is 10.3. The number of nitrogens with one attached hydrogen (secondary N) is 1. The molecule has 0 heterocycles. The Labute approximate surface area is 76.4 Å². The zero-order valence-corrected chi connectivity index (χ0v) is 7.41. The summed E-state index contributed by atoms with van der Waals surface area (Å²) in [5.74, 6) is -1.57. The molecule has 0 bridgehead atoms. The summed E-state index contributed by atoms with van der Waals surface area (Å²) >= 11 is 0. The topological polar surface area (TPSA) is 90.2 Å². The number of carboxylic acids is 1. The van der Waals surface area contributed by atoms with E-state index >= 15 is 0 Å². The van der Waals surface area contributed by atoms with Crippen molar-refractivity contribution in [1.82, 2.24) is 5.32 Å². The summed E-state index contributed by atoms with van der Waals surface area (Å²) in [6.45, 7) is 1.95. The van der Waals surface area contributed by atoms with Crippen LogP contribution in [0.2, 0.25) is 0 Å². The summed E-state index contributed by atoms with van der Waals surface area (Å²) in [4.78, 5) is 20.9. The molecule has 13 heavy (non-hydrogen) atoms. The van der Waals surface area contributed by atoms with E-state index in [1.165, 1.54) is 0 Å². The number of hydrogen-bond donors (Lipinski definition) is 2. The van der Waals surface area contributed by atoms with Crippen LogP contribution in [0.3, 0.4) is 0 Å². The lowest BCUT2D eigenvalue weighted by Gasteiger charge is -2.04. The fourth-order valence-electron chi connectivity index (χ4n) is 0.621. The van der Waals surface area contributed by atoms with Gasteiger partial charge in [0.15, 0.2) is 0 Å². The molecule has 0 aromatic carbocycles. The lowest BCUT2D eigenvalue weighted by atomic mass is 10.2. The lowest BCUT2D eigenvalue weighted by Crippen LogP contribution is -2.27. The van der Waals surface area contributed by atoms with Gasteiger partial charge in [0.1, 0.15) is 0 Å². The zero-order valence-electron chi connectivity index (χ0n) is 7.41. The molecule has 0 saturated carbocycles. The first-order chi connectivity index (χ1) is 6.06. The Morgan fingerprint density at radius 2 is 2.15 bits per heavy atom. The Balaban J connectivity index is 3.53. The van der Waals surface area contributed by atoms with Crippen molar-refractivity contribution >= 4 is 11.9 Å². The van der Waals surface area contributed by atoms with Crippen LogP contribution >= 0.6 is 0 Å². The predicted molar refractivity (Wildman–Crippen MR) is 44.7 cm³/mol. The number of amides is 1. The molecular formula is C8H12N2O3. The standard InChI is InChI=1S/C8H12N2O3/c1-6(4-9)5-10-7(11)2-3-8(12)13/h6H,2-3,5H2,1H3,(H,10,11)(H,12,13). The third-order valence-electron chi connectivity index (χ3n) is 1.39. The van der Waals surface area contributed by atoms with Crippen LogP contribution in [0.1, 0.15) is 19.8 Å². The summed E-state index contributed by atoms with van der Waals surface area (Å²) in [6.07, 6.45) is -0.208. The van der Waals surface area contributed by atoms with Gasteiger partial charge in [-0.2, -0.15) is 5.26 Å². The van der Waals surface area contributed by atoms with Crippen molar-refractivity contribution in [2.75, 3.05) is 6.54 Å². The molecule has 0 fully saturated rings. The van der Waals surface area contributed by atoms with E-state index in [-0.39, 0.29) is 31.2 Å². The molecule has 72 valence electrons. The SMILES string of the molecule is CC(C#N)CNC(=O)CCC(=O)O. The molecular weight excluding hydrogens is 172 g/mol. The van der Waals surface area contributed by atoms with Crippen LogP contribution in [0.25, 0.3) is 0 Å². The highest BCUT2D eigenvalue weighted by Gasteiger charge is 2.06. The van der Waals surface area contributed by atoms with E-state index in [0.29, 0.717) is 0 Å². The van der Waals surface area contributed by atoms with Crippen molar-refractivity contribution in [3.05, 3.63) is 0 Å². The number of carboxylic acid groups (broad SMARTS) is 1. The molecule has 5 heteroatoms. The van der Waals surface area contributed by atoms with Gasteiger partial charge in [-0.15, -0.1) is 0 Å². The van der Waals surface area contributed by atoms with Crippen molar-refractivity contribution < 1.29 is 14.7 Å². The van der Waals surface area contributed by atoms with Crippen LogP contribution < -0.4 is 5.32 Å². The molecule has 0 rings (SSSR count). The Hall–Kier alpha value is -1.57. The molecule has 1 atom stereocenters. The quantitative estimate of drug-likeness (QED) is 0.635. The Bertz CT molecular complexity index is 232. The third kappa shape index (κ3) is 6.81. The van der Waals surface area contributed by atoms with Crippen molar-refractivity contribution in [1.29, 1.82) is 5.26 Å². The number of aliphatic carboxylic acids is 1. The normalized spacial score (nSPS) is 11.4. The van der Waals surface area contributed by atoms with Crippen molar-refractivity contribution in [2.24, 2.45) is 5.92 Å². The third-order valence-corrected chi connectivity index (χ3v) is 1.39. The van der Waals surface area contributed by atoms with Gasteiger partial charge in [-0.3, -0.25) is 9.59 Å². The predicted octanol–water partition coefficient (Wildman–Crippen LogP) is 0.127. The Morgan fingerprint density at radius 3 is 2.62 bits per heavy atom. The highest BCUT2D eigenvalue weighted by molar-refractivity contribution is 5.80. The second kappa shape index (κ2) is 6.00. The maximum Gasteiger partial charge on any atom is 0.303 e. The summed E-state index contributed by atoms with van der Waals surface area (Å²) < 4.78 is 0. The average molecular weight is 184 g/mol.